The zero-order chi connectivity index (χ0) is 25.6. The van der Waals surface area contributed by atoms with Crippen LogP contribution in [0.15, 0.2) is 54.9 Å². The van der Waals surface area contributed by atoms with Crippen LogP contribution in [0.2, 0.25) is 32.7 Å². The van der Waals surface area contributed by atoms with E-state index in [0.29, 0.717) is 5.66 Å². The van der Waals surface area contributed by atoms with Gasteiger partial charge in [0.2, 0.25) is 8.32 Å². The standard InChI is InChI=1S/C27H51O2PSi3/c1-12-22-27(14-3,31(7,8)15-4)29-33(11,25-20-18-17-19-21-25)26(6,23-24(30)13-2)28-32(9,10)16-5/h15-21,24H,4-5,12-14,22-23,30H2,1-3,6-11H3. The van der Waals surface area contributed by atoms with E-state index in [1.54, 1.807) is 0 Å². The molecule has 0 fully saturated rings. The van der Waals surface area contributed by atoms with Crippen molar-refractivity contribution in [2.45, 2.75) is 109 Å². The summed E-state index contributed by atoms with van der Waals surface area (Å²) in [6.07, 6.45) is 5.21. The average molecular weight is 523 g/mol. The maximum absolute atomic E-state index is 7.74. The van der Waals surface area contributed by atoms with E-state index in [1.165, 1.54) is 5.19 Å². The highest BCUT2D eigenvalue weighted by Crippen LogP contribution is 2.43. The van der Waals surface area contributed by atoms with Gasteiger partial charge < -0.3 is 8.85 Å². The molecular formula is C27H51O2PSi3. The molecular weight excluding hydrogens is 472 g/mol. The van der Waals surface area contributed by atoms with Crippen molar-refractivity contribution in [1.82, 2.24) is 0 Å². The predicted molar refractivity (Wildman–Crippen MR) is 160 cm³/mol. The predicted octanol–water partition coefficient (Wildman–Crippen LogP) is 7.70. The smallest absolute Gasteiger partial charge is 0.251 e. The van der Waals surface area contributed by atoms with E-state index in [4.69, 9.17) is 8.85 Å². The minimum atomic E-state index is -2.67. The summed E-state index contributed by atoms with van der Waals surface area (Å²) in [5, 5.41) is 0.755. The topological polar surface area (TPSA) is 18.5 Å². The lowest BCUT2D eigenvalue weighted by Crippen LogP contribution is -2.73. The van der Waals surface area contributed by atoms with Gasteiger partial charge in [-0.25, -0.2) is 0 Å². The highest BCUT2D eigenvalue weighted by Gasteiger charge is 2.58. The molecule has 1 rings (SSSR count). The molecule has 6 heteroatoms. The Bertz CT molecular complexity index is 770. The van der Waals surface area contributed by atoms with E-state index in [2.05, 4.69) is 125 Å². The molecule has 188 valence electrons. The van der Waals surface area contributed by atoms with Crippen molar-refractivity contribution in [3.63, 3.8) is 0 Å². The first-order chi connectivity index (χ1) is 15.2. The van der Waals surface area contributed by atoms with Gasteiger partial charge in [-0.15, -0.1) is 22.4 Å². The maximum Gasteiger partial charge on any atom is 0.251 e. The number of benzene rings is 1. The normalized spacial score (nSPS) is 19.1. The summed E-state index contributed by atoms with van der Waals surface area (Å²) in [5.74, 6) is 0. The Balaban J connectivity index is 3.90. The maximum atomic E-state index is 7.74. The minimum Gasteiger partial charge on any atom is -0.408 e. The summed E-state index contributed by atoms with van der Waals surface area (Å²) in [4.78, 5) is 0. The van der Waals surface area contributed by atoms with Crippen molar-refractivity contribution >= 4 is 39.1 Å². The van der Waals surface area contributed by atoms with E-state index in [1.807, 2.05) is 0 Å². The van der Waals surface area contributed by atoms with Gasteiger partial charge in [-0.3, -0.25) is 0 Å². The molecule has 0 heterocycles. The first-order valence-electron chi connectivity index (χ1n) is 12.7. The van der Waals surface area contributed by atoms with E-state index in [0.717, 1.165) is 32.1 Å². The van der Waals surface area contributed by atoms with Crippen molar-refractivity contribution in [1.29, 1.82) is 0 Å². The summed E-state index contributed by atoms with van der Waals surface area (Å²) < 4.78 is 15.0. The molecule has 5 unspecified atom stereocenters. The second-order valence-corrected chi connectivity index (χ2v) is 24.5. The molecule has 0 N–H and O–H groups in total. The Labute approximate surface area is 211 Å². The van der Waals surface area contributed by atoms with Crippen LogP contribution >= 0.6 is 9.24 Å². The summed E-state index contributed by atoms with van der Waals surface area (Å²) in [5.41, 5.74) is 4.77. The zero-order valence-electron chi connectivity index (χ0n) is 23.0. The van der Waals surface area contributed by atoms with Crippen LogP contribution in [-0.4, -0.2) is 40.8 Å². The van der Waals surface area contributed by atoms with Gasteiger partial charge >= 0.3 is 0 Å². The van der Waals surface area contributed by atoms with Crippen LogP contribution in [-0.2, 0) is 8.85 Å². The first kappa shape index (κ1) is 30.7. The second-order valence-electron chi connectivity index (χ2n) is 11.0. The third-order valence-corrected chi connectivity index (χ3v) is 19.5. The van der Waals surface area contributed by atoms with Crippen LogP contribution in [0.4, 0.5) is 0 Å². The Hall–Kier alpha value is -0.299. The number of hydrogen-bond acceptors (Lipinski definition) is 2. The quantitative estimate of drug-likeness (QED) is 0.174. The fourth-order valence-electron chi connectivity index (χ4n) is 5.02. The molecule has 0 aliphatic rings. The lowest BCUT2D eigenvalue weighted by Gasteiger charge is -2.55. The van der Waals surface area contributed by atoms with Gasteiger partial charge in [-0.1, -0.05) is 82.0 Å². The van der Waals surface area contributed by atoms with Crippen LogP contribution in [0.1, 0.15) is 59.8 Å². The van der Waals surface area contributed by atoms with Gasteiger partial charge in [0.25, 0.3) is 8.32 Å². The van der Waals surface area contributed by atoms with Gasteiger partial charge in [0, 0.05) is 0 Å². The molecule has 0 radical (unpaired) electrons. The van der Waals surface area contributed by atoms with Crippen molar-refractivity contribution in [3.05, 3.63) is 54.9 Å². The van der Waals surface area contributed by atoms with Crippen LogP contribution in [0.25, 0.3) is 0 Å². The highest BCUT2D eigenvalue weighted by molar-refractivity contribution is 7.17. The summed E-state index contributed by atoms with van der Waals surface area (Å²) >= 11 is 0. The van der Waals surface area contributed by atoms with Gasteiger partial charge in [0.15, 0.2) is 0 Å². The third kappa shape index (κ3) is 6.89. The third-order valence-electron chi connectivity index (χ3n) is 7.80. The fourth-order valence-corrected chi connectivity index (χ4v) is 15.9. The molecule has 0 aliphatic carbocycles. The molecule has 0 amide bonds. The number of rotatable bonds is 15. The molecule has 1 aromatic rings. The Morgan fingerprint density at radius 1 is 0.970 bits per heavy atom. The Morgan fingerprint density at radius 2 is 1.55 bits per heavy atom. The SMILES string of the molecule is C=C[Si](C)(C)OC(C)(CC(P)CC)[Si](C)(OC(CC)(CCC)[Si](C)(C)C=C)c1ccccc1. The molecule has 0 bridgehead atoms. The van der Waals surface area contributed by atoms with E-state index in [-0.39, 0.29) is 10.4 Å². The van der Waals surface area contributed by atoms with Crippen LogP contribution in [0.5, 0.6) is 0 Å². The summed E-state index contributed by atoms with van der Waals surface area (Å²) in [6.45, 7) is 29.4. The molecule has 2 nitrogen and oxygen atoms in total. The van der Waals surface area contributed by atoms with Crippen molar-refractivity contribution < 1.29 is 8.85 Å². The number of hydrogen-bond donors (Lipinski definition) is 0. The largest absolute Gasteiger partial charge is 0.408 e. The fraction of sp³-hybridized carbons (Fsp3) is 0.630. The van der Waals surface area contributed by atoms with Gasteiger partial charge in [0.1, 0.15) is 8.07 Å². The Morgan fingerprint density at radius 3 is 1.97 bits per heavy atom. The van der Waals surface area contributed by atoms with Crippen molar-refractivity contribution in [2.75, 3.05) is 0 Å². The average Bonchev–Trinajstić information content (AvgIpc) is 2.78. The van der Waals surface area contributed by atoms with Gasteiger partial charge in [0.05, 0.1) is 10.4 Å². The summed E-state index contributed by atoms with van der Waals surface area (Å²) in [6, 6.07) is 11.0. The van der Waals surface area contributed by atoms with Crippen molar-refractivity contribution in [3.8, 4) is 0 Å². The second kappa shape index (κ2) is 12.1. The minimum absolute atomic E-state index is 0.173. The van der Waals surface area contributed by atoms with E-state index >= 15 is 0 Å². The molecule has 0 saturated carbocycles. The molecule has 5 atom stereocenters. The zero-order valence-corrected chi connectivity index (χ0v) is 27.1. The molecule has 0 aliphatic heterocycles. The van der Waals surface area contributed by atoms with Crippen LogP contribution in [0, 0.1) is 0 Å². The Kier molecular flexibility index (Phi) is 11.3. The van der Waals surface area contributed by atoms with Crippen molar-refractivity contribution in [2.24, 2.45) is 0 Å². The highest BCUT2D eigenvalue weighted by atomic mass is 31.0. The molecule has 0 aromatic heterocycles. The summed E-state index contributed by atoms with van der Waals surface area (Å²) in [7, 11) is -3.60. The van der Waals surface area contributed by atoms with Crippen LogP contribution < -0.4 is 5.19 Å². The van der Waals surface area contributed by atoms with Crippen LogP contribution in [0.3, 0.4) is 0 Å². The molecule has 0 spiro atoms. The van der Waals surface area contributed by atoms with E-state index in [9.17, 15) is 0 Å². The monoisotopic (exact) mass is 522 g/mol. The lowest BCUT2D eigenvalue weighted by molar-refractivity contribution is 0.0645. The van der Waals surface area contributed by atoms with Gasteiger partial charge in [-0.05, 0) is 63.1 Å². The molecule has 1 aromatic carbocycles. The van der Waals surface area contributed by atoms with E-state index < -0.39 is 24.7 Å². The first-order valence-corrected chi connectivity index (χ1v) is 21.8. The van der Waals surface area contributed by atoms with Gasteiger partial charge in [-0.2, -0.15) is 0 Å². The molecule has 33 heavy (non-hydrogen) atoms. The lowest BCUT2D eigenvalue weighted by atomic mass is 10.1. The molecule has 0 saturated heterocycles.